The van der Waals surface area contributed by atoms with E-state index in [1.807, 2.05) is 0 Å². The normalized spacial score (nSPS) is 19.6. The standard InChI is InChI=1S/C10H17NO4/c1-13-9(12)7-8(11)10(14-2)3-5-15-6-4-10/h11H,3-7H2,1-2H3. The summed E-state index contributed by atoms with van der Waals surface area (Å²) in [4.78, 5) is 11.1. The average Bonchev–Trinajstić information content (AvgIpc) is 2.29. The van der Waals surface area contributed by atoms with Crippen LogP contribution in [0.1, 0.15) is 19.3 Å². The van der Waals surface area contributed by atoms with Crippen molar-refractivity contribution in [3.63, 3.8) is 0 Å². The first-order chi connectivity index (χ1) is 7.14. The Labute approximate surface area is 89.2 Å². The van der Waals surface area contributed by atoms with Crippen LogP contribution in [0.15, 0.2) is 0 Å². The van der Waals surface area contributed by atoms with E-state index >= 15 is 0 Å². The van der Waals surface area contributed by atoms with Crippen molar-refractivity contribution >= 4 is 11.7 Å². The second kappa shape index (κ2) is 5.23. The van der Waals surface area contributed by atoms with Gasteiger partial charge in [-0.1, -0.05) is 0 Å². The molecule has 0 bridgehead atoms. The minimum absolute atomic E-state index is 0.00958. The van der Waals surface area contributed by atoms with E-state index in [9.17, 15) is 4.79 Å². The van der Waals surface area contributed by atoms with Gasteiger partial charge >= 0.3 is 5.97 Å². The van der Waals surface area contributed by atoms with Crippen LogP contribution < -0.4 is 0 Å². The molecule has 1 aliphatic heterocycles. The number of hydrogen-bond donors (Lipinski definition) is 1. The number of ether oxygens (including phenoxy) is 3. The van der Waals surface area contributed by atoms with E-state index in [2.05, 4.69) is 4.74 Å². The number of carbonyl (C=O) groups excluding carboxylic acids is 1. The Bertz CT molecular complexity index is 246. The molecule has 0 radical (unpaired) electrons. The second-order valence-corrected chi connectivity index (χ2v) is 3.54. The number of hydrogen-bond acceptors (Lipinski definition) is 5. The second-order valence-electron chi connectivity index (χ2n) is 3.54. The third-order valence-corrected chi connectivity index (χ3v) is 2.79. The summed E-state index contributed by atoms with van der Waals surface area (Å²) in [5.74, 6) is -0.400. The number of methoxy groups -OCH3 is 2. The van der Waals surface area contributed by atoms with Crippen molar-refractivity contribution in [1.29, 1.82) is 5.41 Å². The molecule has 15 heavy (non-hydrogen) atoms. The predicted molar refractivity (Wildman–Crippen MR) is 54.2 cm³/mol. The molecule has 0 atom stereocenters. The van der Waals surface area contributed by atoms with E-state index in [0.29, 0.717) is 26.1 Å². The van der Waals surface area contributed by atoms with Crippen LogP contribution in [0, 0.1) is 5.41 Å². The summed E-state index contributed by atoms with van der Waals surface area (Å²) in [7, 11) is 2.89. The lowest BCUT2D eigenvalue weighted by molar-refractivity contribution is -0.139. The highest BCUT2D eigenvalue weighted by molar-refractivity contribution is 6.02. The molecule has 1 N–H and O–H groups in total. The molecule has 0 aliphatic carbocycles. The Morgan fingerprint density at radius 3 is 2.47 bits per heavy atom. The molecule has 86 valence electrons. The van der Waals surface area contributed by atoms with Crippen molar-refractivity contribution < 1.29 is 19.0 Å². The van der Waals surface area contributed by atoms with Gasteiger partial charge in [0.15, 0.2) is 0 Å². The predicted octanol–water partition coefficient (Wildman–Crippen LogP) is 0.765. The summed E-state index contributed by atoms with van der Waals surface area (Å²) in [6, 6.07) is 0. The maximum atomic E-state index is 11.1. The van der Waals surface area contributed by atoms with Crippen molar-refractivity contribution in [3.05, 3.63) is 0 Å². The Morgan fingerprint density at radius 2 is 2.00 bits per heavy atom. The summed E-state index contributed by atoms with van der Waals surface area (Å²) < 4.78 is 15.1. The first-order valence-electron chi connectivity index (χ1n) is 4.92. The van der Waals surface area contributed by atoms with Gasteiger partial charge in [0.2, 0.25) is 0 Å². The minimum atomic E-state index is -0.632. The fourth-order valence-electron chi connectivity index (χ4n) is 1.71. The van der Waals surface area contributed by atoms with E-state index in [0.717, 1.165) is 0 Å². The van der Waals surface area contributed by atoms with Crippen molar-refractivity contribution in [2.24, 2.45) is 0 Å². The molecule has 1 rings (SSSR count). The maximum absolute atomic E-state index is 11.1. The molecule has 0 unspecified atom stereocenters. The maximum Gasteiger partial charge on any atom is 0.311 e. The minimum Gasteiger partial charge on any atom is -0.469 e. The zero-order chi connectivity index (χ0) is 11.3. The van der Waals surface area contributed by atoms with Crippen molar-refractivity contribution in [2.45, 2.75) is 24.9 Å². The average molecular weight is 215 g/mol. The molecule has 1 saturated heterocycles. The van der Waals surface area contributed by atoms with Crippen LogP contribution in [-0.4, -0.2) is 44.7 Å². The Kier molecular flexibility index (Phi) is 4.23. The fourth-order valence-corrected chi connectivity index (χ4v) is 1.71. The van der Waals surface area contributed by atoms with Crippen LogP contribution in [-0.2, 0) is 19.0 Å². The van der Waals surface area contributed by atoms with E-state index in [-0.39, 0.29) is 12.1 Å². The van der Waals surface area contributed by atoms with E-state index in [1.165, 1.54) is 7.11 Å². The molecular formula is C10H17NO4. The lowest BCUT2D eigenvalue weighted by Crippen LogP contribution is -2.46. The smallest absolute Gasteiger partial charge is 0.311 e. The largest absolute Gasteiger partial charge is 0.469 e. The summed E-state index contributed by atoms with van der Waals surface area (Å²) >= 11 is 0. The Hall–Kier alpha value is -0.940. The lowest BCUT2D eigenvalue weighted by atomic mass is 9.87. The van der Waals surface area contributed by atoms with Crippen LogP contribution in [0.2, 0.25) is 0 Å². The van der Waals surface area contributed by atoms with Gasteiger partial charge in [0.25, 0.3) is 0 Å². The highest BCUT2D eigenvalue weighted by atomic mass is 16.5. The van der Waals surface area contributed by atoms with Gasteiger partial charge in [0, 0.05) is 33.2 Å². The number of esters is 1. The third kappa shape index (κ3) is 2.76. The molecule has 0 amide bonds. The molecule has 1 heterocycles. The number of carbonyl (C=O) groups is 1. The van der Waals surface area contributed by atoms with Gasteiger partial charge in [-0.15, -0.1) is 0 Å². The van der Waals surface area contributed by atoms with Gasteiger partial charge in [-0.3, -0.25) is 4.79 Å². The van der Waals surface area contributed by atoms with Crippen LogP contribution in [0.25, 0.3) is 0 Å². The number of rotatable bonds is 4. The quantitative estimate of drug-likeness (QED) is 0.555. The first kappa shape index (κ1) is 12.1. The van der Waals surface area contributed by atoms with Gasteiger partial charge in [-0.05, 0) is 0 Å². The zero-order valence-corrected chi connectivity index (χ0v) is 9.17. The van der Waals surface area contributed by atoms with Gasteiger partial charge in [0.1, 0.15) is 5.60 Å². The number of nitrogens with one attached hydrogen (secondary N) is 1. The van der Waals surface area contributed by atoms with E-state index in [4.69, 9.17) is 14.9 Å². The molecule has 5 heteroatoms. The molecule has 0 aromatic carbocycles. The van der Waals surface area contributed by atoms with Gasteiger partial charge in [-0.2, -0.15) is 0 Å². The van der Waals surface area contributed by atoms with E-state index < -0.39 is 11.6 Å². The molecule has 1 fully saturated rings. The van der Waals surface area contributed by atoms with Crippen LogP contribution in [0.5, 0.6) is 0 Å². The van der Waals surface area contributed by atoms with Crippen LogP contribution in [0.3, 0.4) is 0 Å². The van der Waals surface area contributed by atoms with Crippen molar-refractivity contribution in [1.82, 2.24) is 0 Å². The summed E-state index contributed by atoms with van der Waals surface area (Å²) in [6.07, 6.45) is 1.24. The molecule has 0 aromatic rings. The molecule has 0 spiro atoms. The Balaban J connectivity index is 2.63. The summed E-state index contributed by atoms with van der Waals surface area (Å²) in [6.45, 7) is 1.13. The fraction of sp³-hybridized carbons (Fsp3) is 0.800. The lowest BCUT2D eigenvalue weighted by Gasteiger charge is -2.36. The summed E-state index contributed by atoms with van der Waals surface area (Å²) in [5.41, 5.74) is -0.355. The molecule has 0 saturated carbocycles. The van der Waals surface area contributed by atoms with Crippen LogP contribution >= 0.6 is 0 Å². The molecule has 0 aromatic heterocycles. The Morgan fingerprint density at radius 1 is 1.40 bits per heavy atom. The SMILES string of the molecule is COC(=O)CC(=N)C1(OC)CCOCC1. The highest BCUT2D eigenvalue weighted by Gasteiger charge is 2.37. The zero-order valence-electron chi connectivity index (χ0n) is 9.17. The van der Waals surface area contributed by atoms with Gasteiger partial charge in [-0.25, -0.2) is 0 Å². The van der Waals surface area contributed by atoms with Gasteiger partial charge in [0.05, 0.1) is 19.2 Å². The molecule has 1 aliphatic rings. The molecular weight excluding hydrogens is 198 g/mol. The monoisotopic (exact) mass is 215 g/mol. The van der Waals surface area contributed by atoms with Gasteiger partial charge < -0.3 is 19.6 Å². The van der Waals surface area contributed by atoms with Crippen molar-refractivity contribution in [3.8, 4) is 0 Å². The topological polar surface area (TPSA) is 68.6 Å². The van der Waals surface area contributed by atoms with Crippen LogP contribution in [0.4, 0.5) is 0 Å². The highest BCUT2D eigenvalue weighted by Crippen LogP contribution is 2.27. The first-order valence-corrected chi connectivity index (χ1v) is 4.92. The molecule has 5 nitrogen and oxygen atoms in total. The summed E-state index contributed by atoms with van der Waals surface area (Å²) in [5, 5.41) is 7.88. The third-order valence-electron chi connectivity index (χ3n) is 2.79. The van der Waals surface area contributed by atoms with Crippen molar-refractivity contribution in [2.75, 3.05) is 27.4 Å². The van der Waals surface area contributed by atoms with E-state index in [1.54, 1.807) is 7.11 Å².